The maximum atomic E-state index is 7.09. The van der Waals surface area contributed by atoms with E-state index in [-0.39, 0.29) is 6.04 Å². The number of aromatic nitrogens is 1. The molecule has 3 nitrogen and oxygen atoms in total. The lowest BCUT2D eigenvalue weighted by Crippen LogP contribution is -2.26. The minimum absolute atomic E-state index is 0.268. The Balaban J connectivity index is 0.972. The van der Waals surface area contributed by atoms with E-state index in [4.69, 9.17) is 5.73 Å². The topological polar surface area (TPSA) is 43.0 Å². The zero-order chi connectivity index (χ0) is 37.9. The molecule has 11 rings (SSSR count). The van der Waals surface area contributed by atoms with Gasteiger partial charge in [-0.15, -0.1) is 0 Å². The molecule has 3 aliphatic rings. The number of hydrogen-bond donors (Lipinski definition) is 2. The first-order valence-electron chi connectivity index (χ1n) is 20.3. The predicted molar refractivity (Wildman–Crippen MR) is 243 cm³/mol. The van der Waals surface area contributed by atoms with Crippen LogP contribution >= 0.6 is 0 Å². The lowest BCUT2D eigenvalue weighted by molar-refractivity contribution is 0.601. The van der Waals surface area contributed by atoms with Gasteiger partial charge < -0.3 is 15.6 Å². The maximum Gasteiger partial charge on any atom is 0.0626 e. The number of nitrogens with zero attached hydrogens (tertiary/aromatic N) is 1. The molecule has 0 saturated carbocycles. The highest BCUT2D eigenvalue weighted by atomic mass is 15.0. The summed E-state index contributed by atoms with van der Waals surface area (Å²) in [7, 11) is 0. The molecular formula is C54H43N3. The Morgan fingerprint density at radius 2 is 1.40 bits per heavy atom. The van der Waals surface area contributed by atoms with Crippen molar-refractivity contribution >= 4 is 70.6 Å². The minimum Gasteiger partial charge on any atom is -0.384 e. The molecule has 8 aromatic rings. The van der Waals surface area contributed by atoms with Gasteiger partial charge in [0.1, 0.15) is 0 Å². The lowest BCUT2D eigenvalue weighted by atomic mass is 9.81. The predicted octanol–water partition coefficient (Wildman–Crippen LogP) is 13.0. The quantitative estimate of drug-likeness (QED) is 0.160. The van der Waals surface area contributed by atoms with E-state index in [2.05, 4.69) is 198 Å². The summed E-state index contributed by atoms with van der Waals surface area (Å²) < 4.78 is 2.52. The zero-order valence-electron chi connectivity index (χ0n) is 31.8. The zero-order valence-corrected chi connectivity index (χ0v) is 31.8. The van der Waals surface area contributed by atoms with Crippen LogP contribution in [0.3, 0.4) is 0 Å². The Kier molecular flexibility index (Phi) is 8.15. The van der Waals surface area contributed by atoms with Crippen LogP contribution in [0.4, 0.5) is 0 Å². The Labute approximate surface area is 332 Å². The van der Waals surface area contributed by atoms with Gasteiger partial charge in [0.15, 0.2) is 0 Å². The normalized spacial score (nSPS) is 18.7. The molecule has 0 fully saturated rings. The van der Waals surface area contributed by atoms with Gasteiger partial charge >= 0.3 is 0 Å². The number of para-hydroxylation sites is 1. The van der Waals surface area contributed by atoms with Crippen molar-refractivity contribution in [3.05, 3.63) is 211 Å². The number of hydrogen-bond acceptors (Lipinski definition) is 2. The third-order valence-electron chi connectivity index (χ3n) is 12.4. The van der Waals surface area contributed by atoms with Crippen molar-refractivity contribution in [2.45, 2.75) is 18.9 Å². The SMILES string of the molecule is NC(/C=C(\NCC1C=CC(n2c3ccccc3c3c4c5ccccc5ccc4c4ccccc4c32)=CC1)C1=CC=CC2CC=CC=C12)c1cccc2ccccc12. The summed E-state index contributed by atoms with van der Waals surface area (Å²) in [6, 6.07) is 46.0. The average molecular weight is 734 g/mol. The molecule has 1 heterocycles. The molecule has 0 saturated heterocycles. The molecule has 57 heavy (non-hydrogen) atoms. The van der Waals surface area contributed by atoms with Gasteiger partial charge in [0.05, 0.1) is 17.1 Å². The van der Waals surface area contributed by atoms with Crippen molar-refractivity contribution in [3.63, 3.8) is 0 Å². The van der Waals surface area contributed by atoms with E-state index in [1.807, 2.05) is 0 Å². The molecule has 1 aromatic heterocycles. The number of fused-ring (bicyclic) bond motifs is 12. The number of nitrogens with one attached hydrogen (secondary N) is 1. The summed E-state index contributed by atoms with van der Waals surface area (Å²) in [5.74, 6) is 0.697. The summed E-state index contributed by atoms with van der Waals surface area (Å²) in [6.45, 7) is 0.802. The first kappa shape index (κ1) is 33.6. The Hall–Kier alpha value is -6.68. The first-order chi connectivity index (χ1) is 28.2. The second-order valence-corrected chi connectivity index (χ2v) is 15.7. The first-order valence-corrected chi connectivity index (χ1v) is 20.3. The fourth-order valence-corrected chi connectivity index (χ4v) is 9.72. The largest absolute Gasteiger partial charge is 0.384 e. The molecule has 0 radical (unpaired) electrons. The molecule has 3 aliphatic carbocycles. The van der Waals surface area contributed by atoms with Gasteiger partial charge in [0.25, 0.3) is 0 Å². The third kappa shape index (κ3) is 5.61. The summed E-state index contributed by atoms with van der Waals surface area (Å²) in [4.78, 5) is 0. The average Bonchev–Trinajstić information content (AvgIpc) is 3.63. The molecule has 7 aromatic carbocycles. The lowest BCUT2D eigenvalue weighted by Gasteiger charge is -2.28. The minimum atomic E-state index is -0.268. The maximum absolute atomic E-state index is 7.09. The van der Waals surface area contributed by atoms with Gasteiger partial charge in [0.2, 0.25) is 0 Å². The molecule has 0 spiro atoms. The molecule has 274 valence electrons. The molecular weight excluding hydrogens is 691 g/mol. The third-order valence-corrected chi connectivity index (χ3v) is 12.4. The van der Waals surface area contributed by atoms with E-state index in [9.17, 15) is 0 Å². The number of rotatable bonds is 7. The van der Waals surface area contributed by atoms with Crippen LogP contribution in [-0.4, -0.2) is 11.1 Å². The van der Waals surface area contributed by atoms with Crippen molar-refractivity contribution in [2.75, 3.05) is 6.54 Å². The summed E-state index contributed by atoms with van der Waals surface area (Å²) in [5, 5.41) is 16.7. The van der Waals surface area contributed by atoms with Crippen LogP contribution in [0, 0.1) is 11.8 Å². The smallest absolute Gasteiger partial charge is 0.0626 e. The van der Waals surface area contributed by atoms with Gasteiger partial charge in [-0.25, -0.2) is 0 Å². The van der Waals surface area contributed by atoms with Crippen LogP contribution in [0.5, 0.6) is 0 Å². The summed E-state index contributed by atoms with van der Waals surface area (Å²) >= 11 is 0. The highest BCUT2D eigenvalue weighted by Gasteiger charge is 2.25. The summed E-state index contributed by atoms with van der Waals surface area (Å²) in [6.07, 6.45) is 24.9. The van der Waals surface area contributed by atoms with Gasteiger partial charge in [-0.05, 0) is 80.4 Å². The number of allylic oxidation sites excluding steroid dienone is 10. The standard InChI is InChI=1S/C54H43N3/c55-49(44-24-11-16-36-13-1-4-18-40(36)44)33-50(45-25-12-17-37-14-2-5-19-41(37)45)56-34-35-27-30-39(31-28-35)57-51-26-10-9-23-48(51)53-52-42-20-6-3-15-38(42)29-32-46(52)43-21-7-8-22-47(43)54(53)57/h1-13,15-27,29-33,35,37,49,56H,14,28,34,55H2/b50-33-. The summed E-state index contributed by atoms with van der Waals surface area (Å²) in [5.41, 5.74) is 15.6. The van der Waals surface area contributed by atoms with Gasteiger partial charge in [0, 0.05) is 51.0 Å². The van der Waals surface area contributed by atoms with E-state index >= 15 is 0 Å². The highest BCUT2D eigenvalue weighted by Crippen LogP contribution is 2.45. The second-order valence-electron chi connectivity index (χ2n) is 15.7. The molecule has 3 unspecified atom stereocenters. The fourth-order valence-electron chi connectivity index (χ4n) is 9.72. The van der Waals surface area contributed by atoms with Gasteiger partial charge in [-0.2, -0.15) is 0 Å². The van der Waals surface area contributed by atoms with Crippen LogP contribution in [0.25, 0.3) is 70.6 Å². The Morgan fingerprint density at radius 1 is 0.667 bits per heavy atom. The van der Waals surface area contributed by atoms with Crippen molar-refractivity contribution < 1.29 is 0 Å². The Morgan fingerprint density at radius 3 is 2.25 bits per heavy atom. The molecule has 0 aliphatic heterocycles. The van der Waals surface area contributed by atoms with E-state index < -0.39 is 0 Å². The fraction of sp³-hybridized carbons (Fsp3) is 0.111. The molecule has 3 atom stereocenters. The Bertz CT molecular complexity index is 3150. The number of nitrogens with two attached hydrogens (primary N) is 1. The molecule has 0 bridgehead atoms. The van der Waals surface area contributed by atoms with Crippen LogP contribution in [0.15, 0.2) is 205 Å². The van der Waals surface area contributed by atoms with Crippen molar-refractivity contribution in [1.29, 1.82) is 0 Å². The van der Waals surface area contributed by atoms with Crippen LogP contribution in [0.1, 0.15) is 24.4 Å². The van der Waals surface area contributed by atoms with E-state index in [1.54, 1.807) is 0 Å². The van der Waals surface area contributed by atoms with Gasteiger partial charge in [-0.1, -0.05) is 170 Å². The molecule has 3 heteroatoms. The van der Waals surface area contributed by atoms with E-state index in [0.717, 1.165) is 30.6 Å². The van der Waals surface area contributed by atoms with Gasteiger partial charge in [-0.3, -0.25) is 0 Å². The van der Waals surface area contributed by atoms with Crippen LogP contribution < -0.4 is 11.1 Å². The monoisotopic (exact) mass is 733 g/mol. The van der Waals surface area contributed by atoms with Crippen molar-refractivity contribution in [3.8, 4) is 0 Å². The van der Waals surface area contributed by atoms with Crippen LogP contribution in [0.2, 0.25) is 0 Å². The number of benzene rings is 7. The second kappa shape index (κ2) is 13.8. The molecule has 3 N–H and O–H groups in total. The highest BCUT2D eigenvalue weighted by molar-refractivity contribution is 6.37. The van der Waals surface area contributed by atoms with E-state index in [0.29, 0.717) is 11.8 Å². The van der Waals surface area contributed by atoms with E-state index in [1.165, 1.54) is 81.7 Å². The molecule has 0 amide bonds. The van der Waals surface area contributed by atoms with Crippen molar-refractivity contribution in [1.82, 2.24) is 9.88 Å². The van der Waals surface area contributed by atoms with Crippen LogP contribution in [-0.2, 0) is 0 Å². The van der Waals surface area contributed by atoms with Crippen molar-refractivity contribution in [2.24, 2.45) is 17.6 Å².